The maximum absolute atomic E-state index is 11.8. The molecule has 1 aliphatic carbocycles. The Morgan fingerprint density at radius 3 is 3.00 bits per heavy atom. The first-order valence-corrected chi connectivity index (χ1v) is 9.03. The number of nitrogens with zero attached hydrogens (tertiary/aromatic N) is 3. The molecule has 0 spiro atoms. The van der Waals surface area contributed by atoms with Crippen molar-refractivity contribution in [1.82, 2.24) is 15.3 Å². The minimum Gasteiger partial charge on any atom is -0.351 e. The van der Waals surface area contributed by atoms with E-state index in [-0.39, 0.29) is 5.91 Å². The van der Waals surface area contributed by atoms with Gasteiger partial charge in [-0.15, -0.1) is 11.3 Å². The summed E-state index contributed by atoms with van der Waals surface area (Å²) < 4.78 is 0. The van der Waals surface area contributed by atoms with Crippen molar-refractivity contribution in [1.29, 1.82) is 0 Å². The van der Waals surface area contributed by atoms with Gasteiger partial charge in [0.05, 0.1) is 35.0 Å². The molecule has 3 aliphatic rings. The number of amides is 1. The molecule has 0 saturated heterocycles. The predicted octanol–water partition coefficient (Wildman–Crippen LogP) is 2.53. The first-order chi connectivity index (χ1) is 11.2. The van der Waals surface area contributed by atoms with Gasteiger partial charge in [0.2, 0.25) is 0 Å². The van der Waals surface area contributed by atoms with E-state index in [9.17, 15) is 4.79 Å². The van der Waals surface area contributed by atoms with Crippen LogP contribution in [-0.2, 0) is 19.5 Å². The zero-order valence-corrected chi connectivity index (χ0v) is 13.9. The number of fused-ring (bicyclic) bond motifs is 2. The summed E-state index contributed by atoms with van der Waals surface area (Å²) in [5.41, 5.74) is 3.99. The minimum absolute atomic E-state index is 0.000359. The fourth-order valence-corrected chi connectivity index (χ4v) is 4.75. The molecule has 5 nitrogen and oxygen atoms in total. The van der Waals surface area contributed by atoms with Gasteiger partial charge >= 0.3 is 0 Å². The van der Waals surface area contributed by atoms with Gasteiger partial charge in [-0.2, -0.15) is 0 Å². The Morgan fingerprint density at radius 1 is 1.30 bits per heavy atom. The van der Waals surface area contributed by atoms with Crippen LogP contribution in [-0.4, -0.2) is 22.4 Å². The Hall–Kier alpha value is -1.95. The quantitative estimate of drug-likeness (QED) is 0.921. The summed E-state index contributed by atoms with van der Waals surface area (Å²) in [5, 5.41) is 4.19. The molecule has 1 fully saturated rings. The highest BCUT2D eigenvalue weighted by Gasteiger charge is 2.31. The summed E-state index contributed by atoms with van der Waals surface area (Å²) in [5.74, 6) is 1.75. The third kappa shape index (κ3) is 2.16. The molecule has 2 aromatic rings. The fraction of sp³-hybridized carbons (Fsp3) is 0.471. The minimum atomic E-state index is -0.000359. The first-order valence-electron chi connectivity index (χ1n) is 8.21. The number of anilines is 1. The van der Waals surface area contributed by atoms with Gasteiger partial charge in [-0.3, -0.25) is 4.79 Å². The maximum Gasteiger partial charge on any atom is 0.253 e. The topological polar surface area (TPSA) is 58.1 Å². The highest BCUT2D eigenvalue weighted by Crippen LogP contribution is 2.43. The molecular weight excluding hydrogens is 308 g/mol. The van der Waals surface area contributed by atoms with E-state index in [2.05, 4.69) is 10.2 Å². The third-order valence-electron chi connectivity index (χ3n) is 4.90. The molecule has 5 rings (SSSR count). The van der Waals surface area contributed by atoms with Crippen molar-refractivity contribution in [3.63, 3.8) is 0 Å². The molecule has 2 aromatic heterocycles. The van der Waals surface area contributed by atoms with E-state index >= 15 is 0 Å². The maximum atomic E-state index is 11.8. The Bertz CT molecular complexity index is 824. The summed E-state index contributed by atoms with van der Waals surface area (Å²) in [6.07, 6.45) is 3.61. The van der Waals surface area contributed by atoms with Crippen LogP contribution in [0.3, 0.4) is 0 Å². The number of rotatable bonds is 2. The van der Waals surface area contributed by atoms with Gasteiger partial charge in [-0.25, -0.2) is 9.97 Å². The zero-order chi connectivity index (χ0) is 15.6. The van der Waals surface area contributed by atoms with Crippen molar-refractivity contribution >= 4 is 23.1 Å². The summed E-state index contributed by atoms with van der Waals surface area (Å²) in [6.45, 7) is 4.45. The Labute approximate surface area is 138 Å². The average molecular weight is 326 g/mol. The van der Waals surface area contributed by atoms with Gasteiger partial charge < -0.3 is 10.2 Å². The molecule has 23 heavy (non-hydrogen) atoms. The second-order valence-corrected chi connectivity index (χ2v) is 7.79. The molecule has 6 heteroatoms. The smallest absolute Gasteiger partial charge is 0.253 e. The van der Waals surface area contributed by atoms with Crippen LogP contribution in [0.15, 0.2) is 6.07 Å². The SMILES string of the molecule is Cc1cc2c(nc1N1CCc3nc(C4CC4)sc3C1)CNC2=O. The van der Waals surface area contributed by atoms with E-state index < -0.39 is 0 Å². The molecule has 1 amide bonds. The normalized spacial score (nSPS) is 19.5. The van der Waals surface area contributed by atoms with E-state index in [0.29, 0.717) is 6.54 Å². The number of carbonyl (C=O) groups is 1. The third-order valence-corrected chi connectivity index (χ3v) is 6.15. The van der Waals surface area contributed by atoms with E-state index in [1.807, 2.05) is 24.3 Å². The van der Waals surface area contributed by atoms with Crippen LogP contribution in [0.2, 0.25) is 0 Å². The van der Waals surface area contributed by atoms with Crippen LogP contribution in [0, 0.1) is 6.92 Å². The fourth-order valence-electron chi connectivity index (χ4n) is 3.45. The molecule has 4 heterocycles. The number of pyridine rings is 1. The van der Waals surface area contributed by atoms with Gasteiger partial charge in [-0.1, -0.05) is 0 Å². The van der Waals surface area contributed by atoms with Crippen LogP contribution in [0.4, 0.5) is 5.82 Å². The Kier molecular flexibility index (Phi) is 2.80. The average Bonchev–Trinajstić information content (AvgIpc) is 3.22. The lowest BCUT2D eigenvalue weighted by Crippen LogP contribution is -2.31. The number of aryl methyl sites for hydroxylation is 1. The molecule has 0 radical (unpaired) electrons. The van der Waals surface area contributed by atoms with Gasteiger partial charge in [0, 0.05) is 23.8 Å². The number of hydrogen-bond acceptors (Lipinski definition) is 5. The monoisotopic (exact) mass is 326 g/mol. The molecule has 118 valence electrons. The number of hydrogen-bond donors (Lipinski definition) is 1. The first kappa shape index (κ1) is 13.5. The molecule has 0 aromatic carbocycles. The number of thiazole rings is 1. The van der Waals surface area contributed by atoms with Gasteiger partial charge in [0.1, 0.15) is 5.82 Å². The van der Waals surface area contributed by atoms with Crippen molar-refractivity contribution in [2.45, 2.75) is 45.2 Å². The Morgan fingerprint density at radius 2 is 2.17 bits per heavy atom. The van der Waals surface area contributed by atoms with Crippen LogP contribution in [0.25, 0.3) is 0 Å². The lowest BCUT2D eigenvalue weighted by molar-refractivity contribution is 0.0965. The molecule has 0 atom stereocenters. The van der Waals surface area contributed by atoms with Crippen molar-refractivity contribution in [3.8, 4) is 0 Å². The van der Waals surface area contributed by atoms with Crippen molar-refractivity contribution < 1.29 is 4.79 Å². The van der Waals surface area contributed by atoms with E-state index in [1.54, 1.807) is 0 Å². The second-order valence-electron chi connectivity index (χ2n) is 6.67. The van der Waals surface area contributed by atoms with Crippen LogP contribution < -0.4 is 10.2 Å². The molecule has 1 saturated carbocycles. The van der Waals surface area contributed by atoms with Gasteiger partial charge in [0.15, 0.2) is 0 Å². The molecule has 2 aliphatic heterocycles. The standard InChI is InChI=1S/C17H18N4OS/c1-9-6-11-13(7-18-16(11)22)19-15(9)21-5-4-12-14(8-21)23-17(20-12)10-2-3-10/h6,10H,2-5,7-8H2,1H3,(H,18,22). The van der Waals surface area contributed by atoms with Crippen molar-refractivity contribution in [3.05, 3.63) is 38.5 Å². The highest BCUT2D eigenvalue weighted by atomic mass is 32.1. The molecular formula is C17H18N4OS. The van der Waals surface area contributed by atoms with E-state index in [4.69, 9.17) is 9.97 Å². The second kappa shape index (κ2) is 4.77. The van der Waals surface area contributed by atoms with Crippen molar-refractivity contribution in [2.24, 2.45) is 0 Å². The van der Waals surface area contributed by atoms with Crippen LogP contribution in [0.5, 0.6) is 0 Å². The zero-order valence-electron chi connectivity index (χ0n) is 13.1. The predicted molar refractivity (Wildman–Crippen MR) is 89.0 cm³/mol. The van der Waals surface area contributed by atoms with Crippen LogP contribution in [0.1, 0.15) is 56.0 Å². The highest BCUT2D eigenvalue weighted by molar-refractivity contribution is 7.11. The number of nitrogens with one attached hydrogen (secondary N) is 1. The summed E-state index contributed by atoms with van der Waals surface area (Å²) in [7, 11) is 0. The number of carbonyl (C=O) groups excluding carboxylic acids is 1. The molecule has 1 N–H and O–H groups in total. The largest absolute Gasteiger partial charge is 0.351 e. The summed E-state index contributed by atoms with van der Waals surface area (Å²) in [4.78, 5) is 25.1. The lowest BCUT2D eigenvalue weighted by atomic mass is 10.1. The van der Waals surface area contributed by atoms with Crippen LogP contribution >= 0.6 is 11.3 Å². The molecule has 0 unspecified atom stereocenters. The van der Waals surface area contributed by atoms with Crippen molar-refractivity contribution in [2.75, 3.05) is 11.4 Å². The van der Waals surface area contributed by atoms with Gasteiger partial charge in [-0.05, 0) is 31.4 Å². The van der Waals surface area contributed by atoms with E-state index in [0.717, 1.165) is 48.1 Å². The molecule has 0 bridgehead atoms. The lowest BCUT2D eigenvalue weighted by Gasteiger charge is -2.28. The van der Waals surface area contributed by atoms with Gasteiger partial charge in [0.25, 0.3) is 5.91 Å². The number of aromatic nitrogens is 2. The van der Waals surface area contributed by atoms with E-state index in [1.165, 1.54) is 28.4 Å². The Balaban J connectivity index is 1.47. The summed E-state index contributed by atoms with van der Waals surface area (Å²) >= 11 is 1.89. The summed E-state index contributed by atoms with van der Waals surface area (Å²) in [6, 6.07) is 1.98.